The summed E-state index contributed by atoms with van der Waals surface area (Å²) in [5.41, 5.74) is 2.82. The van der Waals surface area contributed by atoms with Crippen LogP contribution >= 0.6 is 22.7 Å². The predicted octanol–water partition coefficient (Wildman–Crippen LogP) is 2.38. The van der Waals surface area contributed by atoms with Gasteiger partial charge in [0.1, 0.15) is 10.7 Å². The third-order valence-electron chi connectivity index (χ3n) is 1.75. The Kier molecular flexibility index (Phi) is 3.23. The molecule has 0 spiro atoms. The van der Waals surface area contributed by atoms with E-state index in [0.717, 1.165) is 23.8 Å². The minimum atomic E-state index is 0.901. The van der Waals surface area contributed by atoms with Gasteiger partial charge in [0, 0.05) is 23.0 Å². The van der Waals surface area contributed by atoms with Gasteiger partial charge in [0.2, 0.25) is 0 Å². The van der Waals surface area contributed by atoms with Gasteiger partial charge in [-0.25, -0.2) is 9.97 Å². The van der Waals surface area contributed by atoms with Crippen molar-refractivity contribution >= 4 is 22.7 Å². The molecule has 1 N–H and O–H groups in total. The molecule has 0 aliphatic heterocycles. The summed E-state index contributed by atoms with van der Waals surface area (Å²) in [6.07, 6.45) is 1.92. The minimum Gasteiger partial charge on any atom is -0.312 e. The lowest BCUT2D eigenvalue weighted by atomic mass is 10.5. The predicted molar refractivity (Wildman–Crippen MR) is 60.6 cm³/mol. The molecule has 3 nitrogen and oxygen atoms in total. The Balaban J connectivity index is 2.10. The summed E-state index contributed by atoms with van der Waals surface area (Å²) >= 11 is 3.30. The largest absolute Gasteiger partial charge is 0.312 e. The topological polar surface area (TPSA) is 37.8 Å². The van der Waals surface area contributed by atoms with E-state index in [0.29, 0.717) is 0 Å². The quantitative estimate of drug-likeness (QED) is 0.868. The highest BCUT2D eigenvalue weighted by Gasteiger charge is 2.05. The van der Waals surface area contributed by atoms with Gasteiger partial charge < -0.3 is 5.32 Å². The van der Waals surface area contributed by atoms with Crippen LogP contribution in [0.3, 0.4) is 0 Å². The van der Waals surface area contributed by atoms with Gasteiger partial charge in [-0.05, 0) is 6.54 Å². The molecule has 2 aromatic heterocycles. The third kappa shape index (κ3) is 2.17. The molecule has 2 heterocycles. The number of nitrogens with zero attached hydrogens (tertiary/aromatic N) is 2. The Bertz CT molecular complexity index is 380. The lowest BCUT2D eigenvalue weighted by Gasteiger charge is -1.94. The van der Waals surface area contributed by atoms with Crippen LogP contribution in [0.1, 0.15) is 11.8 Å². The van der Waals surface area contributed by atoms with E-state index >= 15 is 0 Å². The average molecular weight is 225 g/mol. The van der Waals surface area contributed by atoms with Gasteiger partial charge in [-0.2, -0.15) is 0 Å². The van der Waals surface area contributed by atoms with E-state index < -0.39 is 0 Å². The summed E-state index contributed by atoms with van der Waals surface area (Å²) in [7, 11) is 0. The monoisotopic (exact) mass is 225 g/mol. The van der Waals surface area contributed by atoms with Crippen LogP contribution in [0.4, 0.5) is 0 Å². The van der Waals surface area contributed by atoms with E-state index in [1.54, 1.807) is 22.7 Å². The second kappa shape index (κ2) is 4.63. The maximum atomic E-state index is 4.33. The van der Waals surface area contributed by atoms with Gasteiger partial charge in [-0.1, -0.05) is 6.92 Å². The van der Waals surface area contributed by atoms with Gasteiger partial charge in [0.05, 0.1) is 5.51 Å². The molecule has 0 aromatic carbocycles. The molecule has 0 saturated heterocycles. The second-order valence-corrected chi connectivity index (χ2v) is 4.62. The van der Waals surface area contributed by atoms with Gasteiger partial charge in [0.15, 0.2) is 0 Å². The van der Waals surface area contributed by atoms with Crippen molar-refractivity contribution in [2.24, 2.45) is 0 Å². The van der Waals surface area contributed by atoms with Gasteiger partial charge in [0.25, 0.3) is 0 Å². The first-order valence-electron chi connectivity index (χ1n) is 4.44. The fraction of sp³-hybridized carbons (Fsp3) is 0.333. The maximum absolute atomic E-state index is 4.33. The molecule has 0 saturated carbocycles. The van der Waals surface area contributed by atoms with Crippen LogP contribution in [0.2, 0.25) is 0 Å². The summed E-state index contributed by atoms with van der Waals surface area (Å²) < 4.78 is 0. The van der Waals surface area contributed by atoms with Crippen molar-refractivity contribution in [3.05, 3.63) is 22.0 Å². The zero-order valence-electron chi connectivity index (χ0n) is 7.86. The van der Waals surface area contributed by atoms with Crippen molar-refractivity contribution in [2.45, 2.75) is 13.5 Å². The van der Waals surface area contributed by atoms with Crippen molar-refractivity contribution < 1.29 is 0 Å². The lowest BCUT2D eigenvalue weighted by molar-refractivity contribution is 0.734. The van der Waals surface area contributed by atoms with Crippen LogP contribution in [0, 0.1) is 0 Å². The minimum absolute atomic E-state index is 0.901. The molecule has 0 fully saturated rings. The number of nitrogens with one attached hydrogen (secondary N) is 1. The Labute approximate surface area is 90.9 Å². The highest BCUT2D eigenvalue weighted by Crippen LogP contribution is 2.24. The van der Waals surface area contributed by atoms with Gasteiger partial charge in [-0.3, -0.25) is 0 Å². The van der Waals surface area contributed by atoms with Crippen molar-refractivity contribution in [3.8, 4) is 10.7 Å². The second-order valence-electron chi connectivity index (χ2n) is 2.79. The Morgan fingerprint density at radius 2 is 2.36 bits per heavy atom. The average Bonchev–Trinajstić information content (AvgIpc) is 2.85. The van der Waals surface area contributed by atoms with Crippen LogP contribution in [-0.4, -0.2) is 16.5 Å². The SMILES string of the molecule is CCNCc1cnc(-c2cscn2)s1. The van der Waals surface area contributed by atoms with Crippen molar-refractivity contribution in [3.63, 3.8) is 0 Å². The molecule has 5 heteroatoms. The molecule has 0 amide bonds. The summed E-state index contributed by atoms with van der Waals surface area (Å²) in [5, 5.41) is 6.31. The van der Waals surface area contributed by atoms with E-state index in [2.05, 4.69) is 22.2 Å². The smallest absolute Gasteiger partial charge is 0.142 e. The molecule has 74 valence electrons. The van der Waals surface area contributed by atoms with Crippen molar-refractivity contribution in [1.82, 2.24) is 15.3 Å². The molecular weight excluding hydrogens is 214 g/mol. The number of rotatable bonds is 4. The van der Waals surface area contributed by atoms with Crippen LogP contribution in [0.15, 0.2) is 17.1 Å². The van der Waals surface area contributed by atoms with Crippen LogP contribution in [-0.2, 0) is 6.54 Å². The first kappa shape index (κ1) is 9.76. The Morgan fingerprint density at radius 1 is 1.43 bits per heavy atom. The molecule has 0 radical (unpaired) electrons. The lowest BCUT2D eigenvalue weighted by Crippen LogP contribution is -2.10. The van der Waals surface area contributed by atoms with E-state index in [4.69, 9.17) is 0 Å². The molecule has 0 unspecified atom stereocenters. The molecule has 0 aliphatic rings. The highest BCUT2D eigenvalue weighted by molar-refractivity contribution is 7.15. The standard InChI is InChI=1S/C9H11N3S2/c1-2-10-3-7-4-11-9(14-7)8-5-13-6-12-8/h4-6,10H,2-3H2,1H3. The molecule has 2 rings (SSSR count). The van der Waals surface area contributed by atoms with Crippen LogP contribution in [0.25, 0.3) is 10.7 Å². The summed E-state index contributed by atoms with van der Waals surface area (Å²) in [4.78, 5) is 9.82. The van der Waals surface area contributed by atoms with Crippen molar-refractivity contribution in [1.29, 1.82) is 0 Å². The van der Waals surface area contributed by atoms with E-state index in [9.17, 15) is 0 Å². The summed E-state index contributed by atoms with van der Waals surface area (Å²) in [5.74, 6) is 0. The number of thiazole rings is 2. The van der Waals surface area contributed by atoms with Gasteiger partial charge >= 0.3 is 0 Å². The number of hydrogen-bond acceptors (Lipinski definition) is 5. The zero-order chi connectivity index (χ0) is 9.80. The highest BCUT2D eigenvalue weighted by atomic mass is 32.1. The fourth-order valence-corrected chi connectivity index (χ4v) is 2.53. The summed E-state index contributed by atoms with van der Waals surface area (Å²) in [6, 6.07) is 0. The van der Waals surface area contributed by atoms with E-state index in [-0.39, 0.29) is 0 Å². The number of aromatic nitrogens is 2. The first-order chi connectivity index (χ1) is 6.90. The number of hydrogen-bond donors (Lipinski definition) is 1. The van der Waals surface area contributed by atoms with Crippen LogP contribution in [0.5, 0.6) is 0 Å². The molecular formula is C9H11N3S2. The molecule has 0 bridgehead atoms. The van der Waals surface area contributed by atoms with E-state index in [1.165, 1.54) is 4.88 Å². The normalized spacial score (nSPS) is 10.6. The van der Waals surface area contributed by atoms with Crippen LogP contribution < -0.4 is 5.32 Å². The van der Waals surface area contributed by atoms with Gasteiger partial charge in [-0.15, -0.1) is 22.7 Å². The molecule has 14 heavy (non-hydrogen) atoms. The Morgan fingerprint density at radius 3 is 3.07 bits per heavy atom. The van der Waals surface area contributed by atoms with Crippen molar-refractivity contribution in [2.75, 3.05) is 6.54 Å². The molecule has 0 aliphatic carbocycles. The molecule has 2 aromatic rings. The first-order valence-corrected chi connectivity index (χ1v) is 6.20. The summed E-state index contributed by atoms with van der Waals surface area (Å²) in [6.45, 7) is 3.99. The molecule has 0 atom stereocenters. The zero-order valence-corrected chi connectivity index (χ0v) is 9.49. The third-order valence-corrected chi connectivity index (χ3v) is 3.36. The maximum Gasteiger partial charge on any atom is 0.142 e. The van der Waals surface area contributed by atoms with E-state index in [1.807, 2.05) is 17.1 Å². The fourth-order valence-electron chi connectivity index (χ4n) is 1.07. The Hall–Kier alpha value is -0.780.